The van der Waals surface area contributed by atoms with Crippen molar-refractivity contribution in [1.82, 2.24) is 24.2 Å². The summed E-state index contributed by atoms with van der Waals surface area (Å²) in [5, 5.41) is 3.83. The summed E-state index contributed by atoms with van der Waals surface area (Å²) in [4.78, 5) is 39.8. The van der Waals surface area contributed by atoms with E-state index in [1.807, 2.05) is 35.0 Å². The highest BCUT2D eigenvalue weighted by atomic mass is 16.5. The molecule has 40 heavy (non-hydrogen) atoms. The Balaban J connectivity index is 1.24. The molecule has 4 aliphatic rings. The lowest BCUT2D eigenvalue weighted by Crippen LogP contribution is -2.39. The standard InChI is InChI=1S/C30H29N7O3/c1-34-14-9-19-5-6-20(15-23(19)30(34)10-11-30)32-29-31-17-22-27(33-29)37-21-7-8-25-24(16-21)35(26(38)18-40-25)12-3-2-4-13-36(37)28(22)39/h2,4-8,15-17H,3,9-14,18H2,1H3,(H,31,32,33)/b4-2+. The second-order valence-corrected chi connectivity index (χ2v) is 11.1. The Morgan fingerprint density at radius 3 is 2.83 bits per heavy atom. The molecule has 10 nitrogen and oxygen atoms in total. The number of benzene rings is 2. The minimum atomic E-state index is -0.167. The van der Waals surface area contributed by atoms with Gasteiger partial charge in [-0.1, -0.05) is 18.2 Å². The molecule has 1 saturated carbocycles. The third-order valence-electron chi connectivity index (χ3n) is 8.81. The molecule has 4 aromatic rings. The van der Waals surface area contributed by atoms with E-state index in [1.54, 1.807) is 15.8 Å². The second-order valence-electron chi connectivity index (χ2n) is 11.1. The van der Waals surface area contributed by atoms with Gasteiger partial charge in [-0.15, -0.1) is 0 Å². The average Bonchev–Trinajstić information content (AvgIpc) is 3.72. The van der Waals surface area contributed by atoms with Gasteiger partial charge >= 0.3 is 0 Å². The van der Waals surface area contributed by atoms with Crippen LogP contribution in [0.1, 0.15) is 30.4 Å². The Morgan fingerprint density at radius 1 is 1.05 bits per heavy atom. The monoisotopic (exact) mass is 535 g/mol. The molecule has 0 saturated heterocycles. The number of nitrogens with zero attached hydrogens (tertiary/aromatic N) is 6. The molecule has 8 rings (SSSR count). The van der Waals surface area contributed by atoms with Gasteiger partial charge in [0.1, 0.15) is 11.1 Å². The summed E-state index contributed by atoms with van der Waals surface area (Å²) in [6.45, 7) is 2.03. The number of rotatable bonds is 2. The summed E-state index contributed by atoms with van der Waals surface area (Å²) < 4.78 is 9.18. The molecule has 2 aromatic heterocycles. The lowest BCUT2D eigenvalue weighted by molar-refractivity contribution is -0.121. The largest absolute Gasteiger partial charge is 0.482 e. The molecular weight excluding hydrogens is 506 g/mol. The van der Waals surface area contributed by atoms with Crippen LogP contribution in [0.5, 0.6) is 5.75 Å². The van der Waals surface area contributed by atoms with Crippen molar-refractivity contribution in [3.05, 3.63) is 76.2 Å². The van der Waals surface area contributed by atoms with Crippen molar-refractivity contribution in [1.29, 1.82) is 0 Å². The molecule has 1 amide bonds. The summed E-state index contributed by atoms with van der Waals surface area (Å²) in [5.74, 6) is 0.996. The van der Waals surface area contributed by atoms with Crippen LogP contribution in [0.3, 0.4) is 0 Å². The Hall–Kier alpha value is -4.44. The first kappa shape index (κ1) is 23.4. The number of nitrogens with one attached hydrogen (secondary N) is 1. The van der Waals surface area contributed by atoms with E-state index in [9.17, 15) is 9.59 Å². The summed E-state index contributed by atoms with van der Waals surface area (Å²) in [7, 11) is 2.22. The Labute approximate surface area is 230 Å². The fraction of sp³-hybridized carbons (Fsp3) is 0.333. The number of carbonyl (C=O) groups excluding carboxylic acids is 1. The lowest BCUT2D eigenvalue weighted by Gasteiger charge is -2.35. The molecule has 0 atom stereocenters. The van der Waals surface area contributed by atoms with E-state index < -0.39 is 0 Å². The van der Waals surface area contributed by atoms with Gasteiger partial charge in [-0.05, 0) is 74.2 Å². The first-order chi connectivity index (χ1) is 19.5. The van der Waals surface area contributed by atoms with E-state index in [1.165, 1.54) is 24.0 Å². The Kier molecular flexibility index (Phi) is 5.00. The zero-order valence-electron chi connectivity index (χ0n) is 22.3. The number of hydrogen-bond acceptors (Lipinski definition) is 7. The first-order valence-electron chi connectivity index (χ1n) is 13.8. The molecule has 5 heterocycles. The number of likely N-dealkylation sites (N-methyl/N-ethyl adjacent to an activating group) is 1. The predicted molar refractivity (Wildman–Crippen MR) is 152 cm³/mol. The van der Waals surface area contributed by atoms with Crippen molar-refractivity contribution < 1.29 is 9.53 Å². The fourth-order valence-corrected chi connectivity index (χ4v) is 6.49. The minimum Gasteiger partial charge on any atom is -0.482 e. The topological polar surface area (TPSA) is 97.5 Å². The number of aromatic nitrogens is 4. The highest BCUT2D eigenvalue weighted by molar-refractivity contribution is 5.98. The van der Waals surface area contributed by atoms with E-state index in [0.717, 1.165) is 24.3 Å². The van der Waals surface area contributed by atoms with E-state index in [0.29, 0.717) is 47.9 Å². The van der Waals surface area contributed by atoms with Gasteiger partial charge in [0.05, 0.1) is 17.9 Å². The summed E-state index contributed by atoms with van der Waals surface area (Å²) in [6, 6.07) is 12.2. The number of hydrogen-bond donors (Lipinski definition) is 1. The third-order valence-corrected chi connectivity index (χ3v) is 8.81. The van der Waals surface area contributed by atoms with Gasteiger partial charge in [-0.3, -0.25) is 14.5 Å². The van der Waals surface area contributed by atoms with Gasteiger partial charge in [0.15, 0.2) is 12.3 Å². The number of anilines is 3. The van der Waals surface area contributed by atoms with Crippen LogP contribution in [-0.4, -0.2) is 56.9 Å². The lowest BCUT2D eigenvalue weighted by atomic mass is 9.90. The zero-order chi connectivity index (χ0) is 27.0. The number of fused-ring (bicyclic) bond motifs is 7. The molecule has 1 aliphatic carbocycles. The molecular formula is C30H29N7O3. The highest BCUT2D eigenvalue weighted by Gasteiger charge is 2.50. The van der Waals surface area contributed by atoms with Crippen LogP contribution in [-0.2, 0) is 23.3 Å². The van der Waals surface area contributed by atoms with Gasteiger partial charge in [-0.25, -0.2) is 14.3 Å². The molecule has 2 bridgehead atoms. The Bertz CT molecular complexity index is 1800. The van der Waals surface area contributed by atoms with E-state index in [-0.39, 0.29) is 23.6 Å². The SMILES string of the molecule is CN1CCc2ccc(Nc3ncc4c(=O)n5n(c4n3)-c3ccc4c(c3)N(CC/C=C/C5)C(=O)CO4)cc2C12CC2. The molecule has 1 N–H and O–H groups in total. The van der Waals surface area contributed by atoms with E-state index >= 15 is 0 Å². The maximum atomic E-state index is 13.5. The van der Waals surface area contributed by atoms with E-state index in [4.69, 9.17) is 9.72 Å². The third kappa shape index (κ3) is 3.45. The zero-order valence-corrected chi connectivity index (χ0v) is 22.3. The smallest absolute Gasteiger partial charge is 0.278 e. The van der Waals surface area contributed by atoms with Gasteiger partial charge in [-0.2, -0.15) is 4.98 Å². The van der Waals surface area contributed by atoms with Gasteiger partial charge in [0.25, 0.3) is 11.5 Å². The molecule has 1 fully saturated rings. The van der Waals surface area contributed by atoms with Crippen LogP contribution in [0.4, 0.5) is 17.3 Å². The molecule has 3 aliphatic heterocycles. The number of ether oxygens (including phenoxy) is 1. The van der Waals surface area contributed by atoms with Crippen molar-refractivity contribution in [2.45, 2.75) is 37.8 Å². The molecule has 0 radical (unpaired) electrons. The number of allylic oxidation sites excluding steroid dienone is 1. The molecule has 0 unspecified atom stereocenters. The summed E-state index contributed by atoms with van der Waals surface area (Å²) in [6.07, 6.45) is 9.67. The minimum absolute atomic E-state index is 0.0234. The first-order valence-corrected chi connectivity index (χ1v) is 13.8. The second kappa shape index (κ2) is 8.53. The number of amides is 1. The van der Waals surface area contributed by atoms with Crippen molar-refractivity contribution in [3.8, 4) is 11.4 Å². The van der Waals surface area contributed by atoms with Crippen molar-refractivity contribution in [2.75, 3.05) is 37.0 Å². The maximum absolute atomic E-state index is 13.5. The number of carbonyl (C=O) groups is 1. The fourth-order valence-electron chi connectivity index (χ4n) is 6.49. The normalized spacial score (nSPS) is 19.9. The van der Waals surface area contributed by atoms with E-state index in [2.05, 4.69) is 40.4 Å². The van der Waals surface area contributed by atoms with Crippen molar-refractivity contribution >= 4 is 34.3 Å². The molecule has 10 heteroatoms. The van der Waals surface area contributed by atoms with Gasteiger partial charge < -0.3 is 15.0 Å². The van der Waals surface area contributed by atoms with Gasteiger partial charge in [0.2, 0.25) is 5.95 Å². The predicted octanol–water partition coefficient (Wildman–Crippen LogP) is 3.49. The average molecular weight is 536 g/mol. The summed E-state index contributed by atoms with van der Waals surface area (Å²) >= 11 is 0. The van der Waals surface area contributed by atoms with Crippen LogP contribution < -0.4 is 20.5 Å². The van der Waals surface area contributed by atoms with Crippen LogP contribution >= 0.6 is 0 Å². The van der Waals surface area contributed by atoms with Crippen LogP contribution in [0.2, 0.25) is 0 Å². The Morgan fingerprint density at radius 2 is 1.95 bits per heavy atom. The molecule has 2 aromatic carbocycles. The van der Waals surface area contributed by atoms with Crippen molar-refractivity contribution in [3.63, 3.8) is 0 Å². The molecule has 202 valence electrons. The quantitative estimate of drug-likeness (QED) is 0.393. The summed E-state index contributed by atoms with van der Waals surface area (Å²) in [5.41, 5.74) is 5.66. The highest BCUT2D eigenvalue weighted by Crippen LogP contribution is 2.54. The maximum Gasteiger partial charge on any atom is 0.278 e. The van der Waals surface area contributed by atoms with Crippen LogP contribution in [0, 0.1) is 0 Å². The van der Waals surface area contributed by atoms with Crippen LogP contribution in [0.15, 0.2) is 59.5 Å². The van der Waals surface area contributed by atoms with Crippen LogP contribution in [0.25, 0.3) is 16.7 Å². The van der Waals surface area contributed by atoms with Gasteiger partial charge in [0, 0.05) is 30.5 Å². The molecule has 1 spiro atoms. The van der Waals surface area contributed by atoms with Crippen molar-refractivity contribution in [2.24, 2.45) is 0 Å².